The molecular weight excluding hydrogens is 374 g/mol. The van der Waals surface area contributed by atoms with Crippen LogP contribution in [0.2, 0.25) is 0 Å². The van der Waals surface area contributed by atoms with Gasteiger partial charge in [-0.1, -0.05) is 5.57 Å². The van der Waals surface area contributed by atoms with Gasteiger partial charge in [-0.2, -0.15) is 35.1 Å². The highest BCUT2D eigenvalue weighted by Crippen LogP contribution is 2.37. The molecule has 144 valence electrons. The van der Waals surface area contributed by atoms with Crippen molar-refractivity contribution >= 4 is 17.8 Å². The van der Waals surface area contributed by atoms with Gasteiger partial charge in [0.15, 0.2) is 6.61 Å². The fraction of sp³-hybridized carbons (Fsp3) is 0.583. The van der Waals surface area contributed by atoms with Gasteiger partial charge in [0.1, 0.15) is 6.54 Å². The summed E-state index contributed by atoms with van der Waals surface area (Å²) in [6.07, 6.45) is -10.9. The van der Waals surface area contributed by atoms with Crippen molar-refractivity contribution in [2.45, 2.75) is 32.1 Å². The number of carbonyl (C=O) groups is 3. The number of carbonyl (C=O) groups excluding carboxylic acids is 3. The van der Waals surface area contributed by atoms with E-state index in [9.17, 15) is 49.5 Å². The van der Waals surface area contributed by atoms with E-state index >= 15 is 0 Å². The first-order valence-electron chi connectivity index (χ1n) is 6.16. The molecule has 0 fully saturated rings. The van der Waals surface area contributed by atoms with E-state index in [1.807, 2.05) is 0 Å². The van der Waals surface area contributed by atoms with Gasteiger partial charge in [-0.15, -0.1) is 0 Å². The zero-order valence-electron chi connectivity index (χ0n) is 12.6. The quantitative estimate of drug-likeness (QED) is 0.415. The first-order chi connectivity index (χ1) is 11.0. The number of rotatable bonds is 5. The van der Waals surface area contributed by atoms with Crippen molar-refractivity contribution in [1.82, 2.24) is 4.90 Å². The number of alkyl halides is 8. The van der Waals surface area contributed by atoms with Crippen LogP contribution < -0.4 is 0 Å². The van der Waals surface area contributed by atoms with E-state index < -0.39 is 54.1 Å². The maximum atomic E-state index is 13.1. The lowest BCUT2D eigenvalue weighted by molar-refractivity contribution is -0.273. The highest BCUT2D eigenvalue weighted by atomic mass is 19.4. The standard InChI is InChI=1S/C12H11F8NO4/c1-6(2)3-7(22)21(4-8(23)25-5-10(13,14)15)9(24)11(16,17)12(18,19)20/h3H,4-5H2,1-2H3. The van der Waals surface area contributed by atoms with Gasteiger partial charge in [0, 0.05) is 6.08 Å². The van der Waals surface area contributed by atoms with Gasteiger partial charge in [-0.3, -0.25) is 19.3 Å². The average molecular weight is 385 g/mol. The van der Waals surface area contributed by atoms with Gasteiger partial charge in [0.2, 0.25) is 0 Å². The third-order valence-electron chi connectivity index (χ3n) is 2.23. The van der Waals surface area contributed by atoms with Crippen molar-refractivity contribution in [2.24, 2.45) is 0 Å². The predicted molar refractivity (Wildman–Crippen MR) is 64.2 cm³/mol. The largest absolute Gasteiger partial charge is 0.463 e. The van der Waals surface area contributed by atoms with Crippen molar-refractivity contribution in [1.29, 1.82) is 0 Å². The van der Waals surface area contributed by atoms with Crippen molar-refractivity contribution in [2.75, 3.05) is 13.2 Å². The summed E-state index contributed by atoms with van der Waals surface area (Å²) in [6.45, 7) is -1.61. The molecule has 13 heteroatoms. The van der Waals surface area contributed by atoms with E-state index in [0.29, 0.717) is 6.08 Å². The van der Waals surface area contributed by atoms with Gasteiger partial charge < -0.3 is 4.74 Å². The molecule has 5 nitrogen and oxygen atoms in total. The van der Waals surface area contributed by atoms with Gasteiger partial charge >= 0.3 is 30.2 Å². The van der Waals surface area contributed by atoms with E-state index in [2.05, 4.69) is 4.74 Å². The molecule has 0 aromatic rings. The van der Waals surface area contributed by atoms with Crippen LogP contribution in [-0.4, -0.2) is 54.1 Å². The molecule has 25 heavy (non-hydrogen) atoms. The molecular formula is C12H11F8NO4. The SMILES string of the molecule is CC(C)=CC(=O)N(CC(=O)OCC(F)(F)F)C(=O)C(F)(F)C(F)(F)F. The molecule has 0 aromatic carbocycles. The van der Waals surface area contributed by atoms with Crippen molar-refractivity contribution in [3.05, 3.63) is 11.6 Å². The Kier molecular flexibility index (Phi) is 7.09. The Morgan fingerprint density at radius 2 is 1.44 bits per heavy atom. The smallest absolute Gasteiger partial charge is 0.455 e. The third-order valence-corrected chi connectivity index (χ3v) is 2.23. The predicted octanol–water partition coefficient (Wildman–Crippen LogP) is 2.61. The second-order valence-corrected chi connectivity index (χ2v) is 4.80. The van der Waals surface area contributed by atoms with Crippen LogP contribution in [0.25, 0.3) is 0 Å². The summed E-state index contributed by atoms with van der Waals surface area (Å²) in [7, 11) is 0. The Labute approximate surface area is 135 Å². The van der Waals surface area contributed by atoms with Crippen LogP contribution in [0.4, 0.5) is 35.1 Å². The highest BCUT2D eigenvalue weighted by Gasteiger charge is 2.65. The number of esters is 1. The van der Waals surface area contributed by atoms with Gasteiger partial charge in [-0.05, 0) is 13.8 Å². The molecule has 0 saturated heterocycles. The molecule has 0 radical (unpaired) electrons. The van der Waals surface area contributed by atoms with Gasteiger partial charge in [0.25, 0.3) is 5.91 Å². The second kappa shape index (κ2) is 7.78. The van der Waals surface area contributed by atoms with Gasteiger partial charge in [-0.25, -0.2) is 0 Å². The van der Waals surface area contributed by atoms with Crippen molar-refractivity contribution < 1.29 is 54.2 Å². The molecule has 2 amide bonds. The molecule has 0 N–H and O–H groups in total. The Morgan fingerprint density at radius 1 is 0.960 bits per heavy atom. The Morgan fingerprint density at radius 3 is 1.80 bits per heavy atom. The van der Waals surface area contributed by atoms with E-state index in [0.717, 1.165) is 0 Å². The molecule has 0 rings (SSSR count). The summed E-state index contributed by atoms with van der Waals surface area (Å²) >= 11 is 0. The molecule has 0 saturated carbocycles. The van der Waals surface area contributed by atoms with E-state index in [-0.39, 0.29) is 5.57 Å². The minimum Gasteiger partial charge on any atom is -0.455 e. The average Bonchev–Trinajstić information content (AvgIpc) is 2.38. The molecule has 0 aliphatic carbocycles. The molecule has 0 heterocycles. The number of halogens is 8. The van der Waals surface area contributed by atoms with Crippen LogP contribution in [-0.2, 0) is 19.1 Å². The fourth-order valence-electron chi connectivity index (χ4n) is 1.20. The maximum absolute atomic E-state index is 13.1. The topological polar surface area (TPSA) is 63.7 Å². The maximum Gasteiger partial charge on any atom is 0.463 e. The van der Waals surface area contributed by atoms with E-state index in [1.165, 1.54) is 13.8 Å². The summed E-state index contributed by atoms with van der Waals surface area (Å²) in [6, 6.07) is 0. The monoisotopic (exact) mass is 385 g/mol. The summed E-state index contributed by atoms with van der Waals surface area (Å²) in [5, 5.41) is 0. The normalized spacial score (nSPS) is 12.4. The Balaban J connectivity index is 5.53. The second-order valence-electron chi connectivity index (χ2n) is 4.80. The summed E-state index contributed by atoms with van der Waals surface area (Å²) in [5.41, 5.74) is 0.0572. The van der Waals surface area contributed by atoms with Crippen LogP contribution in [0.3, 0.4) is 0 Å². The van der Waals surface area contributed by atoms with Crippen LogP contribution in [0, 0.1) is 0 Å². The van der Waals surface area contributed by atoms with Crippen LogP contribution in [0.1, 0.15) is 13.8 Å². The van der Waals surface area contributed by atoms with Gasteiger partial charge in [0.05, 0.1) is 0 Å². The van der Waals surface area contributed by atoms with Crippen LogP contribution in [0.5, 0.6) is 0 Å². The number of nitrogens with zero attached hydrogens (tertiary/aromatic N) is 1. The lowest BCUT2D eigenvalue weighted by Gasteiger charge is -2.25. The minimum absolute atomic E-state index is 0.0572. The van der Waals surface area contributed by atoms with Crippen molar-refractivity contribution in [3.8, 4) is 0 Å². The third kappa shape index (κ3) is 7.05. The molecule has 0 unspecified atom stereocenters. The zero-order chi connectivity index (χ0) is 20.2. The number of hydrogen-bond donors (Lipinski definition) is 0. The number of imide groups is 1. The number of allylic oxidation sites excluding steroid dienone is 1. The lowest BCUT2D eigenvalue weighted by atomic mass is 10.2. The van der Waals surface area contributed by atoms with E-state index in [4.69, 9.17) is 0 Å². The molecule has 0 aliphatic heterocycles. The highest BCUT2D eigenvalue weighted by molar-refractivity contribution is 6.05. The molecule has 0 spiro atoms. The molecule has 0 bridgehead atoms. The lowest BCUT2D eigenvalue weighted by Crippen LogP contribution is -2.55. The van der Waals surface area contributed by atoms with E-state index in [1.54, 1.807) is 0 Å². The Bertz CT molecular complexity index is 560. The van der Waals surface area contributed by atoms with Crippen LogP contribution in [0.15, 0.2) is 11.6 Å². The molecule has 0 aromatic heterocycles. The van der Waals surface area contributed by atoms with Crippen molar-refractivity contribution in [3.63, 3.8) is 0 Å². The summed E-state index contributed by atoms with van der Waals surface area (Å²) in [4.78, 5) is 33.3. The first kappa shape index (κ1) is 22.8. The first-order valence-corrected chi connectivity index (χ1v) is 6.16. The molecule has 0 aliphatic rings. The summed E-state index contributed by atoms with van der Waals surface area (Å²) < 4.78 is 102. The minimum atomic E-state index is -6.39. The van der Waals surface area contributed by atoms with Crippen LogP contribution >= 0.6 is 0 Å². The number of ether oxygens (including phenoxy) is 1. The number of hydrogen-bond acceptors (Lipinski definition) is 4. The molecule has 0 atom stereocenters. The zero-order valence-corrected chi connectivity index (χ0v) is 12.6. The summed E-state index contributed by atoms with van der Waals surface area (Å²) in [5.74, 6) is -12.9. The fourth-order valence-corrected chi connectivity index (χ4v) is 1.20. The number of amides is 2. The Hall–Kier alpha value is -2.21.